The van der Waals surface area contributed by atoms with Crippen LogP contribution in [0.3, 0.4) is 0 Å². The van der Waals surface area contributed by atoms with Crippen LogP contribution >= 0.6 is 11.3 Å². The van der Waals surface area contributed by atoms with Crippen LogP contribution in [0.15, 0.2) is 5.38 Å². The van der Waals surface area contributed by atoms with Gasteiger partial charge in [-0.15, -0.1) is 11.3 Å². The summed E-state index contributed by atoms with van der Waals surface area (Å²) in [6.07, 6.45) is 2.56. The molecule has 1 heterocycles. The maximum absolute atomic E-state index is 5.18. The molecule has 1 aromatic rings. The lowest BCUT2D eigenvalue weighted by Gasteiger charge is -2.20. The van der Waals surface area contributed by atoms with Gasteiger partial charge in [-0.2, -0.15) is 0 Å². The zero-order valence-electron chi connectivity index (χ0n) is 11.7. The maximum Gasteiger partial charge on any atom is 0.185 e. The molecule has 19 heavy (non-hydrogen) atoms. The number of methoxy groups -OCH3 is 2. The fraction of sp³-hybridized carbons (Fsp3) is 0.769. The Morgan fingerprint density at radius 2 is 2.16 bits per heavy atom. The second kappa shape index (κ2) is 7.79. The van der Waals surface area contributed by atoms with E-state index >= 15 is 0 Å². The summed E-state index contributed by atoms with van der Waals surface area (Å²) in [5.41, 5.74) is 1.11. The minimum Gasteiger partial charge on any atom is -0.383 e. The standard InChI is InChI=1S/C13H23N3O2S/c1-17-7-5-14-9-11-10-19-13(15-11)16(6-8-18-2)12-3-4-12/h10,12,14H,3-9H2,1-2H3. The van der Waals surface area contributed by atoms with Crippen molar-refractivity contribution in [3.63, 3.8) is 0 Å². The van der Waals surface area contributed by atoms with E-state index in [1.54, 1.807) is 25.6 Å². The number of nitrogens with one attached hydrogen (secondary N) is 1. The van der Waals surface area contributed by atoms with Crippen LogP contribution in [0.25, 0.3) is 0 Å². The monoisotopic (exact) mass is 285 g/mol. The average Bonchev–Trinajstić information content (AvgIpc) is 3.15. The molecule has 1 aromatic heterocycles. The van der Waals surface area contributed by atoms with Gasteiger partial charge in [-0.25, -0.2) is 4.98 Å². The molecule has 2 rings (SSSR count). The number of thiazole rings is 1. The van der Waals surface area contributed by atoms with Crippen LogP contribution in [0.4, 0.5) is 5.13 Å². The van der Waals surface area contributed by atoms with Gasteiger partial charge in [0.25, 0.3) is 0 Å². The number of hydrogen-bond acceptors (Lipinski definition) is 6. The molecule has 0 bridgehead atoms. The smallest absolute Gasteiger partial charge is 0.185 e. The predicted octanol–water partition coefficient (Wildman–Crippen LogP) is 1.49. The summed E-state index contributed by atoms with van der Waals surface area (Å²) in [6, 6.07) is 0.676. The number of aromatic nitrogens is 1. The van der Waals surface area contributed by atoms with Gasteiger partial charge in [0, 0.05) is 45.3 Å². The molecule has 0 aromatic carbocycles. The highest BCUT2D eigenvalue weighted by atomic mass is 32.1. The molecule has 0 spiro atoms. The van der Waals surface area contributed by atoms with Gasteiger partial charge in [-0.1, -0.05) is 0 Å². The fourth-order valence-electron chi connectivity index (χ4n) is 1.91. The van der Waals surface area contributed by atoms with Crippen molar-refractivity contribution in [1.82, 2.24) is 10.3 Å². The first-order chi connectivity index (χ1) is 9.35. The molecule has 0 saturated heterocycles. The van der Waals surface area contributed by atoms with Crippen LogP contribution in [0.1, 0.15) is 18.5 Å². The summed E-state index contributed by atoms with van der Waals surface area (Å²) in [4.78, 5) is 7.09. The van der Waals surface area contributed by atoms with E-state index in [-0.39, 0.29) is 0 Å². The zero-order valence-corrected chi connectivity index (χ0v) is 12.5. The summed E-state index contributed by atoms with van der Waals surface area (Å²) >= 11 is 1.73. The Bertz CT molecular complexity index is 369. The van der Waals surface area contributed by atoms with Gasteiger partial charge in [-0.3, -0.25) is 0 Å². The van der Waals surface area contributed by atoms with Crippen LogP contribution in [-0.4, -0.2) is 51.5 Å². The first-order valence-electron chi connectivity index (χ1n) is 6.74. The third-order valence-electron chi connectivity index (χ3n) is 3.10. The van der Waals surface area contributed by atoms with Gasteiger partial charge in [-0.05, 0) is 12.8 Å². The molecule has 0 radical (unpaired) electrons. The molecule has 1 aliphatic carbocycles. The minimum atomic E-state index is 0.676. The first kappa shape index (κ1) is 14.7. The third kappa shape index (κ3) is 4.72. The third-order valence-corrected chi connectivity index (χ3v) is 4.02. The summed E-state index contributed by atoms with van der Waals surface area (Å²) in [5.74, 6) is 0. The fourth-order valence-corrected chi connectivity index (χ4v) is 2.83. The number of ether oxygens (including phenoxy) is 2. The molecule has 0 amide bonds. The Labute approximate surface area is 118 Å². The summed E-state index contributed by atoms with van der Waals surface area (Å²) in [6.45, 7) is 4.10. The molecule has 0 atom stereocenters. The van der Waals surface area contributed by atoms with Gasteiger partial charge in [0.05, 0.1) is 18.9 Å². The van der Waals surface area contributed by atoms with Crippen molar-refractivity contribution in [3.8, 4) is 0 Å². The predicted molar refractivity (Wildman–Crippen MR) is 77.9 cm³/mol. The Morgan fingerprint density at radius 1 is 1.37 bits per heavy atom. The number of rotatable bonds is 10. The van der Waals surface area contributed by atoms with Crippen LogP contribution < -0.4 is 10.2 Å². The Balaban J connectivity index is 1.83. The van der Waals surface area contributed by atoms with E-state index in [0.717, 1.165) is 43.7 Å². The van der Waals surface area contributed by atoms with E-state index in [1.165, 1.54) is 12.8 Å². The van der Waals surface area contributed by atoms with Gasteiger partial charge in [0.2, 0.25) is 0 Å². The number of hydrogen-bond donors (Lipinski definition) is 1. The topological polar surface area (TPSA) is 46.6 Å². The van der Waals surface area contributed by atoms with Crippen molar-refractivity contribution in [3.05, 3.63) is 11.1 Å². The summed E-state index contributed by atoms with van der Waals surface area (Å²) < 4.78 is 10.2. The van der Waals surface area contributed by atoms with Crippen LogP contribution in [-0.2, 0) is 16.0 Å². The molecule has 0 aliphatic heterocycles. The van der Waals surface area contributed by atoms with Crippen LogP contribution in [0.5, 0.6) is 0 Å². The first-order valence-corrected chi connectivity index (χ1v) is 7.62. The van der Waals surface area contributed by atoms with Crippen LogP contribution in [0.2, 0.25) is 0 Å². The van der Waals surface area contributed by atoms with E-state index in [0.29, 0.717) is 6.04 Å². The van der Waals surface area contributed by atoms with Crippen molar-refractivity contribution >= 4 is 16.5 Å². The van der Waals surface area contributed by atoms with Gasteiger partial charge in [0.15, 0.2) is 5.13 Å². The Morgan fingerprint density at radius 3 is 2.84 bits per heavy atom. The lowest BCUT2D eigenvalue weighted by atomic mass is 10.4. The van der Waals surface area contributed by atoms with Crippen molar-refractivity contribution < 1.29 is 9.47 Å². The minimum absolute atomic E-state index is 0.676. The number of anilines is 1. The molecule has 6 heteroatoms. The van der Waals surface area contributed by atoms with Gasteiger partial charge < -0.3 is 19.7 Å². The van der Waals surface area contributed by atoms with E-state index < -0.39 is 0 Å². The highest BCUT2D eigenvalue weighted by molar-refractivity contribution is 7.13. The maximum atomic E-state index is 5.18. The quantitative estimate of drug-likeness (QED) is 0.660. The van der Waals surface area contributed by atoms with E-state index in [2.05, 4.69) is 15.6 Å². The van der Waals surface area contributed by atoms with Crippen molar-refractivity contribution in [2.24, 2.45) is 0 Å². The molecule has 1 N–H and O–H groups in total. The molecular weight excluding hydrogens is 262 g/mol. The molecule has 1 aliphatic rings. The largest absolute Gasteiger partial charge is 0.383 e. The highest BCUT2D eigenvalue weighted by Gasteiger charge is 2.30. The Hall–Kier alpha value is -0.690. The number of nitrogens with zero attached hydrogens (tertiary/aromatic N) is 2. The van der Waals surface area contributed by atoms with Crippen LogP contribution in [0, 0.1) is 0 Å². The van der Waals surface area contributed by atoms with E-state index in [1.807, 2.05) is 0 Å². The molecule has 0 unspecified atom stereocenters. The summed E-state index contributed by atoms with van der Waals surface area (Å²) in [5, 5.41) is 6.58. The summed E-state index contributed by atoms with van der Waals surface area (Å²) in [7, 11) is 3.46. The van der Waals surface area contributed by atoms with Crippen molar-refractivity contribution in [1.29, 1.82) is 0 Å². The van der Waals surface area contributed by atoms with Crippen molar-refractivity contribution in [2.75, 3.05) is 45.4 Å². The zero-order chi connectivity index (χ0) is 13.5. The molecule has 5 nitrogen and oxygen atoms in total. The van der Waals surface area contributed by atoms with Gasteiger partial charge in [0.1, 0.15) is 0 Å². The highest BCUT2D eigenvalue weighted by Crippen LogP contribution is 2.33. The van der Waals surface area contributed by atoms with E-state index in [9.17, 15) is 0 Å². The second-order valence-electron chi connectivity index (χ2n) is 4.71. The van der Waals surface area contributed by atoms with E-state index in [4.69, 9.17) is 14.5 Å². The average molecular weight is 285 g/mol. The molecule has 1 fully saturated rings. The molecule has 108 valence electrons. The van der Waals surface area contributed by atoms with Gasteiger partial charge >= 0.3 is 0 Å². The Kier molecular flexibility index (Phi) is 6.03. The lowest BCUT2D eigenvalue weighted by molar-refractivity contribution is 0.199. The SMILES string of the molecule is COCCNCc1csc(N(CCOC)C2CC2)n1. The molecule has 1 saturated carbocycles. The van der Waals surface area contributed by atoms with Crippen molar-refractivity contribution in [2.45, 2.75) is 25.4 Å². The normalized spacial score (nSPS) is 14.8. The lowest BCUT2D eigenvalue weighted by Crippen LogP contribution is -2.29. The second-order valence-corrected chi connectivity index (χ2v) is 5.54. The molecular formula is C13H23N3O2S.